The van der Waals surface area contributed by atoms with Gasteiger partial charge in [-0.25, -0.2) is 0 Å². The van der Waals surface area contributed by atoms with E-state index >= 15 is 0 Å². The molecule has 0 bridgehead atoms. The number of aliphatic hydroxyl groups excluding tert-OH is 1. The molecular weight excluding hydrogens is 500 g/mol. The fraction of sp³-hybridized carbons (Fsp3) is 0.567. The molecule has 2 saturated heterocycles. The summed E-state index contributed by atoms with van der Waals surface area (Å²) in [7, 11) is 0. The van der Waals surface area contributed by atoms with Crippen molar-refractivity contribution in [1.82, 2.24) is 9.80 Å². The minimum absolute atomic E-state index is 0.134. The van der Waals surface area contributed by atoms with Gasteiger partial charge in [0.2, 0.25) is 11.8 Å². The molecule has 6 atom stereocenters. The highest BCUT2D eigenvalue weighted by atomic mass is 32.2. The van der Waals surface area contributed by atoms with Gasteiger partial charge in [0.1, 0.15) is 6.04 Å². The van der Waals surface area contributed by atoms with Crippen molar-refractivity contribution in [3.8, 4) is 0 Å². The molecular formula is C30H38N2O5S. The molecule has 5 rings (SSSR count). The zero-order valence-electron chi connectivity index (χ0n) is 22.2. The molecule has 1 aromatic carbocycles. The van der Waals surface area contributed by atoms with Crippen LogP contribution < -0.4 is 0 Å². The van der Waals surface area contributed by atoms with Crippen LogP contribution in [0.3, 0.4) is 0 Å². The fourth-order valence-electron chi connectivity index (χ4n) is 6.56. The van der Waals surface area contributed by atoms with Crippen molar-refractivity contribution in [3.05, 3.63) is 60.2 Å². The van der Waals surface area contributed by atoms with Crippen molar-refractivity contribution < 1.29 is 24.2 Å². The number of esters is 1. The van der Waals surface area contributed by atoms with Gasteiger partial charge in [-0.05, 0) is 37.2 Å². The first-order valence-corrected chi connectivity index (χ1v) is 14.7. The van der Waals surface area contributed by atoms with E-state index in [0.717, 1.165) is 24.8 Å². The minimum Gasteiger partial charge on any atom is -0.465 e. The predicted octanol–water partition coefficient (Wildman–Crippen LogP) is 3.57. The molecule has 0 aliphatic carbocycles. The Balaban J connectivity index is 1.59. The summed E-state index contributed by atoms with van der Waals surface area (Å²) in [4.78, 5) is 45.7. The van der Waals surface area contributed by atoms with E-state index in [-0.39, 0.29) is 35.6 Å². The third kappa shape index (κ3) is 4.81. The Kier molecular flexibility index (Phi) is 8.00. The van der Waals surface area contributed by atoms with E-state index in [1.807, 2.05) is 62.4 Å². The third-order valence-corrected chi connectivity index (χ3v) is 9.93. The van der Waals surface area contributed by atoms with E-state index in [2.05, 4.69) is 6.08 Å². The van der Waals surface area contributed by atoms with Crippen LogP contribution in [0.15, 0.2) is 54.6 Å². The largest absolute Gasteiger partial charge is 0.465 e. The van der Waals surface area contributed by atoms with Crippen LogP contribution in [0.5, 0.6) is 0 Å². The molecule has 0 aromatic heterocycles. The molecule has 204 valence electrons. The van der Waals surface area contributed by atoms with Gasteiger partial charge in [-0.15, -0.1) is 11.8 Å². The maximum atomic E-state index is 14.4. The standard InChI is InChI=1S/C30H38N2O5S/c1-20(2)17-22(19-33)32-26-28(35)31(18-21-11-6-5-7-12-21)15-10-14-30(26)25(27(32)34)24-23(38-30)13-8-3-4-9-16-37-29(24)36/h5-8,10-14,20,22-26,33H,3-4,9,15-19H2,1-2H3/b13-8-/t22-,23+,24-,25+,26?,30+/m1/s1. The highest BCUT2D eigenvalue weighted by Gasteiger charge is 2.71. The van der Waals surface area contributed by atoms with E-state index in [9.17, 15) is 19.5 Å². The van der Waals surface area contributed by atoms with E-state index in [1.165, 1.54) is 0 Å². The number of ether oxygens (including phenoxy) is 1. The number of amides is 2. The number of carbonyl (C=O) groups excluding carboxylic acids is 3. The molecule has 7 nitrogen and oxygen atoms in total. The Hall–Kier alpha value is -2.58. The van der Waals surface area contributed by atoms with Crippen LogP contribution in [0.1, 0.15) is 45.1 Å². The number of hydrogen-bond acceptors (Lipinski definition) is 6. The predicted molar refractivity (Wildman–Crippen MR) is 147 cm³/mol. The van der Waals surface area contributed by atoms with E-state index in [0.29, 0.717) is 26.1 Å². The van der Waals surface area contributed by atoms with Crippen molar-refractivity contribution in [2.45, 2.75) is 68.2 Å². The molecule has 1 aromatic rings. The van der Waals surface area contributed by atoms with Crippen molar-refractivity contribution in [3.63, 3.8) is 0 Å². The first-order chi connectivity index (χ1) is 18.4. The maximum Gasteiger partial charge on any atom is 0.311 e. The van der Waals surface area contributed by atoms with Crippen molar-refractivity contribution in [2.75, 3.05) is 19.8 Å². The maximum absolute atomic E-state index is 14.4. The van der Waals surface area contributed by atoms with E-state index in [4.69, 9.17) is 4.74 Å². The van der Waals surface area contributed by atoms with Crippen molar-refractivity contribution >= 4 is 29.5 Å². The Morgan fingerprint density at radius 1 is 1.11 bits per heavy atom. The summed E-state index contributed by atoms with van der Waals surface area (Å²) in [6, 6.07) is 8.52. The van der Waals surface area contributed by atoms with Crippen LogP contribution in [0, 0.1) is 17.8 Å². The number of likely N-dealkylation sites (tertiary alicyclic amines) is 1. The molecule has 1 unspecified atom stereocenters. The first kappa shape index (κ1) is 27.0. The van der Waals surface area contributed by atoms with Gasteiger partial charge in [0.05, 0.1) is 35.8 Å². The van der Waals surface area contributed by atoms with Gasteiger partial charge in [-0.3, -0.25) is 14.4 Å². The molecule has 2 fully saturated rings. The van der Waals surface area contributed by atoms with Gasteiger partial charge in [-0.2, -0.15) is 0 Å². The fourth-order valence-corrected chi connectivity index (χ4v) is 8.55. The highest BCUT2D eigenvalue weighted by Crippen LogP contribution is 2.61. The van der Waals surface area contributed by atoms with Crippen LogP contribution in [0.2, 0.25) is 0 Å². The Morgan fingerprint density at radius 3 is 2.63 bits per heavy atom. The van der Waals surface area contributed by atoms with Gasteiger partial charge in [0, 0.05) is 18.3 Å². The summed E-state index contributed by atoms with van der Waals surface area (Å²) >= 11 is 1.55. The molecule has 8 heteroatoms. The lowest BCUT2D eigenvalue weighted by molar-refractivity contribution is -0.154. The summed E-state index contributed by atoms with van der Waals surface area (Å²) in [5.74, 6) is -1.90. The molecule has 1 spiro atoms. The summed E-state index contributed by atoms with van der Waals surface area (Å²) in [5.41, 5.74) is 1.01. The Labute approximate surface area is 229 Å². The molecule has 38 heavy (non-hydrogen) atoms. The summed E-state index contributed by atoms with van der Waals surface area (Å²) < 4.78 is 4.78. The van der Waals surface area contributed by atoms with Crippen molar-refractivity contribution in [1.29, 1.82) is 0 Å². The normalized spacial score (nSPS) is 32.9. The average molecular weight is 539 g/mol. The monoisotopic (exact) mass is 538 g/mol. The number of benzene rings is 1. The number of cyclic esters (lactones) is 1. The second-order valence-corrected chi connectivity index (χ2v) is 12.7. The number of carbonyl (C=O) groups is 3. The molecule has 0 saturated carbocycles. The number of hydrogen-bond donors (Lipinski definition) is 1. The molecule has 4 aliphatic heterocycles. The number of nitrogens with zero attached hydrogens (tertiary/aromatic N) is 2. The van der Waals surface area contributed by atoms with E-state index in [1.54, 1.807) is 21.6 Å². The van der Waals surface area contributed by atoms with Crippen LogP contribution >= 0.6 is 11.8 Å². The van der Waals surface area contributed by atoms with Crippen LogP contribution in [-0.4, -0.2) is 74.5 Å². The molecule has 2 amide bonds. The average Bonchev–Trinajstić information content (AvgIpc) is 3.30. The quantitative estimate of drug-likeness (QED) is 0.440. The van der Waals surface area contributed by atoms with Crippen LogP contribution in [0.4, 0.5) is 0 Å². The lowest BCUT2D eigenvalue weighted by atomic mass is 9.78. The van der Waals surface area contributed by atoms with Gasteiger partial charge in [0.15, 0.2) is 0 Å². The zero-order chi connectivity index (χ0) is 26.9. The lowest BCUT2D eigenvalue weighted by Gasteiger charge is -2.39. The van der Waals surface area contributed by atoms with E-state index < -0.39 is 28.7 Å². The van der Waals surface area contributed by atoms with Crippen LogP contribution in [0.25, 0.3) is 0 Å². The second kappa shape index (κ2) is 11.3. The number of aliphatic hydroxyl groups is 1. The zero-order valence-corrected chi connectivity index (χ0v) is 23.0. The number of fused-ring (bicyclic) bond motifs is 2. The Bertz CT molecular complexity index is 1110. The summed E-state index contributed by atoms with van der Waals surface area (Å²) in [6.45, 7) is 5.05. The van der Waals surface area contributed by atoms with Gasteiger partial charge < -0.3 is 19.6 Å². The number of thioether (sulfide) groups is 1. The lowest BCUT2D eigenvalue weighted by Crippen LogP contribution is -2.56. The van der Waals surface area contributed by atoms with Crippen molar-refractivity contribution in [2.24, 2.45) is 17.8 Å². The number of rotatable bonds is 6. The number of allylic oxidation sites excluding steroid dienone is 1. The smallest absolute Gasteiger partial charge is 0.311 e. The SMILES string of the molecule is CC(C)C[C@H](CO)N1C(=O)[C@@H]2[C@@H]3C(=O)OCCCC/C=C\[C@@H]3S[C@@]23C=CCN(Cc2ccccc2)C(=O)C13. The molecule has 0 radical (unpaired) electrons. The molecule has 1 N–H and O–H groups in total. The summed E-state index contributed by atoms with van der Waals surface area (Å²) in [5, 5.41) is 10.2. The molecule has 4 aliphatic rings. The third-order valence-electron chi connectivity index (χ3n) is 8.19. The van der Waals surface area contributed by atoms with Gasteiger partial charge in [0.25, 0.3) is 0 Å². The van der Waals surface area contributed by atoms with Gasteiger partial charge >= 0.3 is 5.97 Å². The Morgan fingerprint density at radius 2 is 1.89 bits per heavy atom. The molecule has 4 heterocycles. The van der Waals surface area contributed by atoms with Crippen LogP contribution in [-0.2, 0) is 25.7 Å². The second-order valence-electron chi connectivity index (χ2n) is 11.3. The topological polar surface area (TPSA) is 87.2 Å². The minimum atomic E-state index is -0.906. The summed E-state index contributed by atoms with van der Waals surface area (Å²) in [6.07, 6.45) is 11.3. The van der Waals surface area contributed by atoms with Gasteiger partial charge in [-0.1, -0.05) is 68.5 Å². The highest BCUT2D eigenvalue weighted by molar-refractivity contribution is 8.02. The first-order valence-electron chi connectivity index (χ1n) is 13.8.